The summed E-state index contributed by atoms with van der Waals surface area (Å²) in [5.74, 6) is -0.142. The van der Waals surface area contributed by atoms with Crippen LogP contribution in [0.1, 0.15) is 23.5 Å². The summed E-state index contributed by atoms with van der Waals surface area (Å²) in [7, 11) is 2.99. The molecule has 3 heterocycles. The largest absolute Gasteiger partial charge is 0.495 e. The molecule has 1 aliphatic rings. The molecule has 0 bridgehead atoms. The lowest BCUT2D eigenvalue weighted by molar-refractivity contribution is -0.119. The van der Waals surface area contributed by atoms with Crippen LogP contribution in [0.3, 0.4) is 0 Å². The van der Waals surface area contributed by atoms with Gasteiger partial charge in [0.1, 0.15) is 24.2 Å². The molecule has 10 heteroatoms. The molecule has 0 unspecified atom stereocenters. The zero-order valence-corrected chi connectivity index (χ0v) is 21.6. The number of carbonyl (C=O) groups excluding carboxylic acids is 1. The van der Waals surface area contributed by atoms with Crippen LogP contribution in [0.5, 0.6) is 5.75 Å². The molecular formula is C28H26FN5O3S. The van der Waals surface area contributed by atoms with Gasteiger partial charge in [0.15, 0.2) is 5.11 Å². The number of methoxy groups -OCH3 is 2. The average molecular weight is 532 g/mol. The molecule has 5 rings (SSSR count). The minimum atomic E-state index is -0.355. The molecule has 194 valence electrons. The van der Waals surface area contributed by atoms with Crippen LogP contribution in [-0.4, -0.2) is 41.4 Å². The molecule has 38 heavy (non-hydrogen) atoms. The lowest BCUT2D eigenvalue weighted by Crippen LogP contribution is -2.30. The van der Waals surface area contributed by atoms with Crippen molar-refractivity contribution in [2.24, 2.45) is 0 Å². The van der Waals surface area contributed by atoms with E-state index in [1.54, 1.807) is 18.3 Å². The molecule has 0 spiro atoms. The van der Waals surface area contributed by atoms with Crippen molar-refractivity contribution in [1.82, 2.24) is 14.9 Å². The first-order valence-electron chi connectivity index (χ1n) is 11.9. The second-order valence-corrected chi connectivity index (χ2v) is 9.03. The molecule has 0 saturated carbocycles. The van der Waals surface area contributed by atoms with Gasteiger partial charge in [-0.3, -0.25) is 9.78 Å². The van der Waals surface area contributed by atoms with E-state index in [2.05, 4.69) is 15.6 Å². The second-order valence-electron chi connectivity index (χ2n) is 8.65. The highest BCUT2D eigenvalue weighted by atomic mass is 32.1. The number of nitrogens with one attached hydrogen (secondary N) is 2. The van der Waals surface area contributed by atoms with Gasteiger partial charge in [0.05, 0.1) is 24.5 Å². The van der Waals surface area contributed by atoms with Gasteiger partial charge in [-0.2, -0.15) is 0 Å². The summed E-state index contributed by atoms with van der Waals surface area (Å²) in [6.45, 7) is -0.0947. The Labute approximate surface area is 225 Å². The normalized spacial score (nSPS) is 16.8. The number of hydrogen-bond acceptors (Lipinski definition) is 5. The number of nitrogens with zero attached hydrogens (tertiary/aromatic N) is 3. The number of aromatic nitrogens is 2. The number of amides is 1. The Kier molecular flexibility index (Phi) is 7.34. The molecule has 0 aliphatic carbocycles. The number of anilines is 2. The molecule has 8 nitrogen and oxygen atoms in total. The highest BCUT2D eigenvalue weighted by Crippen LogP contribution is 2.43. The van der Waals surface area contributed by atoms with Crippen molar-refractivity contribution < 1.29 is 18.7 Å². The number of thiocarbonyl (C=S) groups is 1. The first kappa shape index (κ1) is 25.4. The monoisotopic (exact) mass is 531 g/mol. The third-order valence-corrected chi connectivity index (χ3v) is 6.59. The van der Waals surface area contributed by atoms with Crippen LogP contribution in [0.25, 0.3) is 5.69 Å². The Balaban J connectivity index is 1.63. The highest BCUT2D eigenvalue weighted by molar-refractivity contribution is 7.80. The van der Waals surface area contributed by atoms with Gasteiger partial charge in [-0.05, 0) is 72.9 Å². The Morgan fingerprint density at radius 1 is 1.08 bits per heavy atom. The quantitative estimate of drug-likeness (QED) is 0.317. The van der Waals surface area contributed by atoms with Crippen molar-refractivity contribution in [1.29, 1.82) is 0 Å². The van der Waals surface area contributed by atoms with E-state index >= 15 is 0 Å². The minimum absolute atomic E-state index is 0.0947. The Morgan fingerprint density at radius 3 is 2.68 bits per heavy atom. The Bertz CT molecular complexity index is 1460. The number of halogens is 1. The first-order valence-corrected chi connectivity index (χ1v) is 12.3. The summed E-state index contributed by atoms with van der Waals surface area (Å²) in [6.07, 6.45) is 3.63. The van der Waals surface area contributed by atoms with Crippen molar-refractivity contribution in [3.63, 3.8) is 0 Å². The van der Waals surface area contributed by atoms with Crippen LogP contribution in [0.15, 0.2) is 85.2 Å². The van der Waals surface area contributed by atoms with Crippen molar-refractivity contribution in [3.8, 4) is 11.4 Å². The zero-order chi connectivity index (χ0) is 26.6. The number of ether oxygens (including phenoxy) is 2. The smallest absolute Gasteiger partial charge is 0.250 e. The third-order valence-electron chi connectivity index (χ3n) is 6.28. The van der Waals surface area contributed by atoms with E-state index in [-0.39, 0.29) is 30.4 Å². The fraction of sp³-hybridized carbons (Fsp3) is 0.179. The van der Waals surface area contributed by atoms with E-state index in [4.69, 9.17) is 21.7 Å². The molecule has 1 aliphatic heterocycles. The van der Waals surface area contributed by atoms with Crippen LogP contribution in [0.4, 0.5) is 15.8 Å². The Hall–Kier alpha value is -4.28. The summed E-state index contributed by atoms with van der Waals surface area (Å²) < 4.78 is 26.5. The first-order chi connectivity index (χ1) is 18.5. The number of carbonyl (C=O) groups is 1. The number of rotatable bonds is 8. The third kappa shape index (κ3) is 4.96. The number of pyridine rings is 1. The van der Waals surface area contributed by atoms with E-state index in [1.807, 2.05) is 64.2 Å². The molecule has 1 saturated heterocycles. The highest BCUT2D eigenvalue weighted by Gasteiger charge is 2.42. The van der Waals surface area contributed by atoms with Gasteiger partial charge in [-0.1, -0.05) is 12.1 Å². The van der Waals surface area contributed by atoms with Gasteiger partial charge in [-0.25, -0.2) is 4.39 Å². The van der Waals surface area contributed by atoms with Crippen LogP contribution < -0.4 is 20.3 Å². The predicted octanol–water partition coefficient (Wildman–Crippen LogP) is 4.78. The van der Waals surface area contributed by atoms with E-state index in [1.165, 1.54) is 26.4 Å². The maximum atomic E-state index is 14.2. The van der Waals surface area contributed by atoms with Gasteiger partial charge >= 0.3 is 0 Å². The van der Waals surface area contributed by atoms with Gasteiger partial charge in [-0.15, -0.1) is 0 Å². The molecule has 2 aromatic heterocycles. The molecular weight excluding hydrogens is 505 g/mol. The van der Waals surface area contributed by atoms with E-state index in [9.17, 15) is 9.18 Å². The van der Waals surface area contributed by atoms with Crippen molar-refractivity contribution in [2.45, 2.75) is 12.1 Å². The lowest BCUT2D eigenvalue weighted by Gasteiger charge is -2.29. The summed E-state index contributed by atoms with van der Waals surface area (Å²) >= 11 is 5.84. The minimum Gasteiger partial charge on any atom is -0.495 e. The topological polar surface area (TPSA) is 80.7 Å². The zero-order valence-electron chi connectivity index (χ0n) is 20.8. The molecule has 4 aromatic rings. The van der Waals surface area contributed by atoms with Gasteiger partial charge < -0.3 is 29.6 Å². The maximum Gasteiger partial charge on any atom is 0.250 e. The van der Waals surface area contributed by atoms with Crippen LogP contribution >= 0.6 is 12.2 Å². The van der Waals surface area contributed by atoms with E-state index < -0.39 is 0 Å². The maximum absolute atomic E-state index is 14.2. The van der Waals surface area contributed by atoms with Crippen molar-refractivity contribution in [3.05, 3.63) is 102 Å². The lowest BCUT2D eigenvalue weighted by atomic mass is 10.0. The van der Waals surface area contributed by atoms with Gasteiger partial charge in [0, 0.05) is 36.6 Å². The summed E-state index contributed by atoms with van der Waals surface area (Å²) in [4.78, 5) is 18.9. The molecule has 2 atom stereocenters. The van der Waals surface area contributed by atoms with E-state index in [0.717, 1.165) is 17.1 Å². The summed E-state index contributed by atoms with van der Waals surface area (Å²) in [6, 6.07) is 20.9. The van der Waals surface area contributed by atoms with Gasteiger partial charge in [0.2, 0.25) is 5.91 Å². The SMILES string of the molecule is COCC(=O)Nc1cc(N2C(=S)N[C@@H](c3ccccn3)[C@H]2c2cccn2-c2cccc(F)c2)ccc1OC. The predicted molar refractivity (Wildman–Crippen MR) is 147 cm³/mol. The molecule has 0 radical (unpaired) electrons. The van der Waals surface area contributed by atoms with Crippen LogP contribution in [0.2, 0.25) is 0 Å². The standard InChI is InChI=1S/C28H26FN5O3S/c1-36-17-25(35)31-22-16-20(11-12-24(22)37-2)34-27(26(32-28(34)38)21-9-3-4-13-30-21)23-10-6-14-33(23)19-8-5-7-18(29)15-19/h3-16,26-27H,17H2,1-2H3,(H,31,35)(H,32,38)/t26-,27+/m0/s1. The van der Waals surface area contributed by atoms with Crippen molar-refractivity contribution in [2.75, 3.05) is 31.0 Å². The molecule has 2 N–H and O–H groups in total. The summed E-state index contributed by atoms with van der Waals surface area (Å²) in [5, 5.41) is 6.75. The molecule has 1 amide bonds. The average Bonchev–Trinajstić information content (AvgIpc) is 3.53. The van der Waals surface area contributed by atoms with Crippen LogP contribution in [-0.2, 0) is 9.53 Å². The number of benzene rings is 2. The van der Waals surface area contributed by atoms with Gasteiger partial charge in [0.25, 0.3) is 0 Å². The number of hydrogen-bond donors (Lipinski definition) is 2. The second kappa shape index (κ2) is 11.0. The van der Waals surface area contributed by atoms with Crippen LogP contribution in [0, 0.1) is 5.82 Å². The summed E-state index contributed by atoms with van der Waals surface area (Å²) in [5.41, 5.74) is 3.57. The molecule has 2 aromatic carbocycles. The fourth-order valence-corrected chi connectivity index (χ4v) is 5.04. The van der Waals surface area contributed by atoms with Crippen molar-refractivity contribution >= 4 is 34.6 Å². The fourth-order valence-electron chi connectivity index (χ4n) is 4.69. The molecule has 1 fully saturated rings. The van der Waals surface area contributed by atoms with E-state index in [0.29, 0.717) is 22.2 Å². The Morgan fingerprint density at radius 2 is 1.95 bits per heavy atom.